The number of rotatable bonds is 5. The number of hydrogen-bond acceptors (Lipinski definition) is 6. The van der Waals surface area contributed by atoms with Gasteiger partial charge in [0.15, 0.2) is 0 Å². The Hall–Kier alpha value is -1.43. The van der Waals surface area contributed by atoms with Crippen LogP contribution in [0.2, 0.25) is 0 Å². The van der Waals surface area contributed by atoms with Gasteiger partial charge < -0.3 is 14.0 Å². The summed E-state index contributed by atoms with van der Waals surface area (Å²) in [4.78, 5) is 16.0. The standard InChI is InChI=1S/C12H20N2O4/c1-7-17-10(15)11(2,3)9-13-8(14-18-9)12(4,5)16-6/h7H2,1-6H3. The van der Waals surface area contributed by atoms with Gasteiger partial charge in [-0.3, -0.25) is 4.79 Å². The van der Waals surface area contributed by atoms with Gasteiger partial charge in [-0.2, -0.15) is 4.98 Å². The maximum atomic E-state index is 11.8. The molecule has 0 N–H and O–H groups in total. The van der Waals surface area contributed by atoms with Crippen LogP contribution in [0.1, 0.15) is 46.3 Å². The van der Waals surface area contributed by atoms with E-state index in [2.05, 4.69) is 10.1 Å². The molecule has 1 aromatic heterocycles. The first-order chi connectivity index (χ1) is 8.25. The summed E-state index contributed by atoms with van der Waals surface area (Å²) in [6, 6.07) is 0. The van der Waals surface area contributed by atoms with Crippen molar-refractivity contribution < 1.29 is 18.8 Å². The van der Waals surface area contributed by atoms with Crippen LogP contribution in [0.25, 0.3) is 0 Å². The lowest BCUT2D eigenvalue weighted by molar-refractivity contribution is -0.149. The van der Waals surface area contributed by atoms with Gasteiger partial charge in [-0.15, -0.1) is 0 Å². The molecule has 0 aromatic carbocycles. The fourth-order valence-corrected chi connectivity index (χ4v) is 1.21. The van der Waals surface area contributed by atoms with Gasteiger partial charge in [0.2, 0.25) is 11.7 Å². The van der Waals surface area contributed by atoms with Crippen LogP contribution in [0.3, 0.4) is 0 Å². The molecular weight excluding hydrogens is 236 g/mol. The fraction of sp³-hybridized carbons (Fsp3) is 0.750. The molecule has 0 saturated heterocycles. The number of methoxy groups -OCH3 is 1. The molecule has 1 rings (SSSR count). The van der Waals surface area contributed by atoms with E-state index in [0.29, 0.717) is 12.4 Å². The highest BCUT2D eigenvalue weighted by Crippen LogP contribution is 2.27. The van der Waals surface area contributed by atoms with Gasteiger partial charge in [0.1, 0.15) is 11.0 Å². The lowest BCUT2D eigenvalue weighted by Gasteiger charge is -2.19. The fourth-order valence-electron chi connectivity index (χ4n) is 1.21. The molecule has 18 heavy (non-hydrogen) atoms. The highest BCUT2D eigenvalue weighted by atomic mass is 16.5. The van der Waals surface area contributed by atoms with E-state index in [9.17, 15) is 4.79 Å². The van der Waals surface area contributed by atoms with Crippen molar-refractivity contribution in [2.24, 2.45) is 0 Å². The highest BCUT2D eigenvalue weighted by Gasteiger charge is 2.39. The van der Waals surface area contributed by atoms with Crippen molar-refractivity contribution in [3.8, 4) is 0 Å². The minimum atomic E-state index is -0.967. The van der Waals surface area contributed by atoms with Gasteiger partial charge in [0.25, 0.3) is 0 Å². The monoisotopic (exact) mass is 256 g/mol. The van der Waals surface area contributed by atoms with Crippen LogP contribution in [0.4, 0.5) is 0 Å². The van der Waals surface area contributed by atoms with Crippen LogP contribution < -0.4 is 0 Å². The number of hydrogen-bond donors (Lipinski definition) is 0. The van der Waals surface area contributed by atoms with Crippen LogP contribution in [0.5, 0.6) is 0 Å². The molecule has 1 heterocycles. The molecule has 6 nitrogen and oxygen atoms in total. The number of carbonyl (C=O) groups excluding carboxylic acids is 1. The second-order valence-electron chi connectivity index (χ2n) is 4.98. The van der Waals surface area contributed by atoms with Crippen LogP contribution in [0, 0.1) is 0 Å². The van der Waals surface area contributed by atoms with Crippen molar-refractivity contribution in [1.29, 1.82) is 0 Å². The molecular formula is C12H20N2O4. The average molecular weight is 256 g/mol. The van der Waals surface area contributed by atoms with E-state index in [1.54, 1.807) is 27.9 Å². The zero-order chi connectivity index (χ0) is 14.0. The normalized spacial score (nSPS) is 12.6. The molecule has 0 aliphatic heterocycles. The number of aromatic nitrogens is 2. The number of carbonyl (C=O) groups is 1. The SMILES string of the molecule is CCOC(=O)C(C)(C)c1nc(C(C)(C)OC)no1. The first-order valence-corrected chi connectivity index (χ1v) is 5.82. The Kier molecular flexibility index (Phi) is 4.11. The van der Waals surface area contributed by atoms with E-state index >= 15 is 0 Å². The van der Waals surface area contributed by atoms with Gasteiger partial charge in [0, 0.05) is 7.11 Å². The summed E-state index contributed by atoms with van der Waals surface area (Å²) in [7, 11) is 1.56. The third-order valence-electron chi connectivity index (χ3n) is 2.80. The largest absolute Gasteiger partial charge is 0.465 e. The van der Waals surface area contributed by atoms with Gasteiger partial charge >= 0.3 is 5.97 Å². The zero-order valence-corrected chi connectivity index (χ0v) is 11.7. The van der Waals surface area contributed by atoms with Gasteiger partial charge in [-0.25, -0.2) is 0 Å². The summed E-state index contributed by atoms with van der Waals surface area (Å²) in [5.74, 6) is 0.230. The van der Waals surface area contributed by atoms with Crippen molar-refractivity contribution in [1.82, 2.24) is 10.1 Å². The van der Waals surface area contributed by atoms with E-state index in [0.717, 1.165) is 0 Å². The molecule has 102 valence electrons. The Bertz CT molecular complexity index is 423. The summed E-state index contributed by atoms with van der Waals surface area (Å²) < 4.78 is 15.4. The minimum absolute atomic E-state index is 0.223. The first kappa shape index (κ1) is 14.6. The maximum absolute atomic E-state index is 11.8. The molecule has 6 heteroatoms. The predicted molar refractivity (Wildman–Crippen MR) is 64.0 cm³/mol. The summed E-state index contributed by atoms with van der Waals surface area (Å²) in [6.07, 6.45) is 0. The lowest BCUT2D eigenvalue weighted by atomic mass is 9.93. The van der Waals surface area contributed by atoms with E-state index in [4.69, 9.17) is 14.0 Å². The Balaban J connectivity index is 3.02. The average Bonchev–Trinajstić information content (AvgIpc) is 2.79. The molecule has 0 unspecified atom stereocenters. The molecule has 0 spiro atoms. The number of esters is 1. The quantitative estimate of drug-likeness (QED) is 0.748. The smallest absolute Gasteiger partial charge is 0.321 e. The maximum Gasteiger partial charge on any atom is 0.321 e. The van der Waals surface area contributed by atoms with Gasteiger partial charge in [-0.05, 0) is 34.6 Å². The van der Waals surface area contributed by atoms with Crippen molar-refractivity contribution in [3.63, 3.8) is 0 Å². The Morgan fingerprint density at radius 2 is 1.94 bits per heavy atom. The van der Waals surface area contributed by atoms with Crippen LogP contribution >= 0.6 is 0 Å². The molecule has 0 bridgehead atoms. The number of ether oxygens (including phenoxy) is 2. The predicted octanol–water partition coefficient (Wildman–Crippen LogP) is 1.79. The highest BCUT2D eigenvalue weighted by molar-refractivity contribution is 5.80. The Labute approximate surface area is 107 Å². The number of nitrogens with zero attached hydrogens (tertiary/aromatic N) is 2. The Morgan fingerprint density at radius 3 is 2.44 bits per heavy atom. The van der Waals surface area contributed by atoms with Crippen molar-refractivity contribution >= 4 is 5.97 Å². The third kappa shape index (κ3) is 2.69. The zero-order valence-electron chi connectivity index (χ0n) is 11.7. The van der Waals surface area contributed by atoms with Crippen molar-refractivity contribution in [3.05, 3.63) is 11.7 Å². The molecule has 1 aromatic rings. The molecule has 0 saturated carbocycles. The van der Waals surface area contributed by atoms with Crippen LogP contribution in [-0.4, -0.2) is 29.8 Å². The van der Waals surface area contributed by atoms with Crippen LogP contribution in [0.15, 0.2) is 4.52 Å². The van der Waals surface area contributed by atoms with E-state index < -0.39 is 17.0 Å². The summed E-state index contributed by atoms with van der Waals surface area (Å²) in [5, 5.41) is 3.85. The van der Waals surface area contributed by atoms with Crippen molar-refractivity contribution in [2.75, 3.05) is 13.7 Å². The van der Waals surface area contributed by atoms with E-state index in [1.807, 2.05) is 13.8 Å². The van der Waals surface area contributed by atoms with Gasteiger partial charge in [0.05, 0.1) is 6.61 Å². The van der Waals surface area contributed by atoms with Gasteiger partial charge in [-0.1, -0.05) is 5.16 Å². The molecule has 0 atom stereocenters. The molecule has 0 radical (unpaired) electrons. The third-order valence-corrected chi connectivity index (χ3v) is 2.80. The summed E-state index contributed by atoms with van der Waals surface area (Å²) in [5.41, 5.74) is -1.63. The topological polar surface area (TPSA) is 74.5 Å². The Morgan fingerprint density at radius 1 is 1.33 bits per heavy atom. The van der Waals surface area contributed by atoms with E-state index in [1.165, 1.54) is 0 Å². The second kappa shape index (κ2) is 5.06. The molecule has 0 amide bonds. The molecule has 0 aliphatic rings. The van der Waals surface area contributed by atoms with Crippen molar-refractivity contribution in [2.45, 2.75) is 45.6 Å². The molecule has 0 fully saturated rings. The lowest BCUT2D eigenvalue weighted by Crippen LogP contribution is -2.32. The second-order valence-corrected chi connectivity index (χ2v) is 4.98. The summed E-state index contributed by atoms with van der Waals surface area (Å²) >= 11 is 0. The minimum Gasteiger partial charge on any atom is -0.465 e. The first-order valence-electron chi connectivity index (χ1n) is 5.82. The summed E-state index contributed by atoms with van der Waals surface area (Å²) in [6.45, 7) is 9.07. The van der Waals surface area contributed by atoms with Crippen LogP contribution in [-0.2, 0) is 25.3 Å². The molecule has 0 aliphatic carbocycles. The van der Waals surface area contributed by atoms with E-state index in [-0.39, 0.29) is 5.89 Å².